The third-order valence-electron chi connectivity index (χ3n) is 4.54. The Hall–Kier alpha value is -3.13. The van der Waals surface area contributed by atoms with Gasteiger partial charge in [-0.2, -0.15) is 0 Å². The fraction of sp³-hybridized carbons (Fsp3) is 0.273. The molecule has 3 aromatic rings. The lowest BCUT2D eigenvalue weighted by Gasteiger charge is -2.13. The minimum atomic E-state index is -0.261. The van der Waals surface area contributed by atoms with Gasteiger partial charge in [-0.3, -0.25) is 9.59 Å². The Morgan fingerprint density at radius 1 is 1.00 bits per heavy atom. The van der Waals surface area contributed by atoms with Crippen LogP contribution in [0, 0.1) is 20.8 Å². The molecule has 0 aliphatic rings. The van der Waals surface area contributed by atoms with E-state index in [-0.39, 0.29) is 24.1 Å². The lowest BCUT2D eigenvalue weighted by molar-refractivity contribution is -0.122. The van der Waals surface area contributed by atoms with Gasteiger partial charge in [-0.1, -0.05) is 41.6 Å². The molecule has 0 unspecified atom stereocenters. The maximum absolute atomic E-state index is 12.2. The van der Waals surface area contributed by atoms with E-state index in [1.54, 1.807) is 7.05 Å². The second-order valence-corrected chi connectivity index (χ2v) is 7.95. The third kappa shape index (κ3) is 5.27. The SMILES string of the molecule is CNc1nc(SCC(=O)NCC(=O)Nc2c(C)cc(C)cc2C)nc2ccccc12. The summed E-state index contributed by atoms with van der Waals surface area (Å²) in [6, 6.07) is 11.7. The highest BCUT2D eigenvalue weighted by Gasteiger charge is 2.12. The van der Waals surface area contributed by atoms with Crippen molar-refractivity contribution in [1.82, 2.24) is 15.3 Å². The average Bonchev–Trinajstić information content (AvgIpc) is 2.72. The quantitative estimate of drug-likeness (QED) is 0.398. The molecule has 7 nitrogen and oxygen atoms in total. The molecule has 0 aliphatic carbocycles. The number of fused-ring (bicyclic) bond motifs is 1. The molecule has 2 aromatic carbocycles. The Kier molecular flexibility index (Phi) is 6.89. The third-order valence-corrected chi connectivity index (χ3v) is 5.39. The van der Waals surface area contributed by atoms with E-state index in [0.717, 1.165) is 33.3 Å². The van der Waals surface area contributed by atoms with E-state index < -0.39 is 0 Å². The number of amides is 2. The molecule has 1 heterocycles. The number of nitrogens with zero attached hydrogens (tertiary/aromatic N) is 2. The van der Waals surface area contributed by atoms with Crippen molar-refractivity contribution < 1.29 is 9.59 Å². The highest BCUT2D eigenvalue weighted by molar-refractivity contribution is 7.99. The van der Waals surface area contributed by atoms with Crippen LogP contribution >= 0.6 is 11.8 Å². The highest BCUT2D eigenvalue weighted by Crippen LogP contribution is 2.24. The van der Waals surface area contributed by atoms with Gasteiger partial charge in [-0.25, -0.2) is 9.97 Å². The van der Waals surface area contributed by atoms with E-state index in [0.29, 0.717) is 11.0 Å². The first kappa shape index (κ1) is 21.6. The molecule has 8 heteroatoms. The van der Waals surface area contributed by atoms with Crippen LogP contribution in [0.5, 0.6) is 0 Å². The van der Waals surface area contributed by atoms with Gasteiger partial charge in [0.2, 0.25) is 11.8 Å². The zero-order valence-electron chi connectivity index (χ0n) is 17.5. The molecule has 0 saturated heterocycles. The molecule has 156 valence electrons. The van der Waals surface area contributed by atoms with E-state index in [1.165, 1.54) is 11.8 Å². The van der Waals surface area contributed by atoms with Gasteiger partial charge in [0, 0.05) is 18.1 Å². The number of anilines is 2. The van der Waals surface area contributed by atoms with Crippen LogP contribution in [0.25, 0.3) is 10.9 Å². The van der Waals surface area contributed by atoms with Gasteiger partial charge in [0.25, 0.3) is 0 Å². The van der Waals surface area contributed by atoms with Crippen molar-refractivity contribution in [2.75, 3.05) is 30.0 Å². The zero-order chi connectivity index (χ0) is 21.7. The highest BCUT2D eigenvalue weighted by atomic mass is 32.2. The van der Waals surface area contributed by atoms with E-state index in [1.807, 2.05) is 57.2 Å². The Balaban J connectivity index is 1.54. The lowest BCUT2D eigenvalue weighted by atomic mass is 10.1. The van der Waals surface area contributed by atoms with E-state index in [9.17, 15) is 9.59 Å². The summed E-state index contributed by atoms with van der Waals surface area (Å²) in [5, 5.41) is 10.0. The van der Waals surface area contributed by atoms with E-state index >= 15 is 0 Å². The zero-order valence-corrected chi connectivity index (χ0v) is 18.3. The van der Waals surface area contributed by atoms with Crippen LogP contribution in [0.15, 0.2) is 41.6 Å². The first-order chi connectivity index (χ1) is 14.4. The molecular formula is C22H25N5O2S. The van der Waals surface area contributed by atoms with Gasteiger partial charge >= 0.3 is 0 Å². The van der Waals surface area contributed by atoms with Gasteiger partial charge in [0.1, 0.15) is 5.82 Å². The summed E-state index contributed by atoms with van der Waals surface area (Å²) in [5.74, 6) is 0.321. The van der Waals surface area contributed by atoms with Crippen molar-refractivity contribution in [1.29, 1.82) is 0 Å². The Morgan fingerprint density at radius 2 is 1.70 bits per heavy atom. The van der Waals surface area contributed by atoms with Gasteiger partial charge in [0.05, 0.1) is 17.8 Å². The molecule has 0 atom stereocenters. The number of rotatable bonds is 7. The minimum Gasteiger partial charge on any atom is -0.372 e. The summed E-state index contributed by atoms with van der Waals surface area (Å²) in [4.78, 5) is 33.4. The smallest absolute Gasteiger partial charge is 0.243 e. The van der Waals surface area contributed by atoms with Crippen LogP contribution in [0.4, 0.5) is 11.5 Å². The second-order valence-electron chi connectivity index (χ2n) is 7.01. The predicted octanol–water partition coefficient (Wildman–Crippen LogP) is 3.44. The summed E-state index contributed by atoms with van der Waals surface area (Å²) < 4.78 is 0. The number of carbonyl (C=O) groups excluding carboxylic acids is 2. The number of carbonyl (C=O) groups is 2. The Morgan fingerprint density at radius 3 is 2.40 bits per heavy atom. The average molecular weight is 424 g/mol. The molecule has 0 radical (unpaired) electrons. The predicted molar refractivity (Wildman–Crippen MR) is 122 cm³/mol. The standard InChI is InChI=1S/C22H25N5O2S/c1-13-9-14(2)20(15(3)10-13)26-18(28)11-24-19(29)12-30-22-25-17-8-6-5-7-16(17)21(23-4)27-22/h5-10H,11-12H2,1-4H3,(H,24,29)(H,26,28)(H,23,25,27). The van der Waals surface area contributed by atoms with Crippen LogP contribution in [0.1, 0.15) is 16.7 Å². The number of nitrogens with one attached hydrogen (secondary N) is 3. The number of para-hydroxylation sites is 1. The van der Waals surface area contributed by atoms with Crippen LogP contribution in [0.3, 0.4) is 0 Å². The fourth-order valence-corrected chi connectivity index (χ4v) is 3.91. The fourth-order valence-electron chi connectivity index (χ4n) is 3.23. The van der Waals surface area contributed by atoms with Gasteiger partial charge in [0.15, 0.2) is 5.16 Å². The molecule has 1 aromatic heterocycles. The number of aryl methyl sites for hydroxylation is 3. The maximum Gasteiger partial charge on any atom is 0.243 e. The number of aromatic nitrogens is 2. The van der Waals surface area contributed by atoms with E-state index in [4.69, 9.17) is 0 Å². The molecule has 0 spiro atoms. The molecule has 0 saturated carbocycles. The van der Waals surface area contributed by atoms with Crippen LogP contribution < -0.4 is 16.0 Å². The normalized spacial score (nSPS) is 10.7. The Bertz CT molecular complexity index is 1080. The largest absolute Gasteiger partial charge is 0.372 e. The van der Waals surface area contributed by atoms with E-state index in [2.05, 4.69) is 25.9 Å². The van der Waals surface area contributed by atoms with Crippen molar-refractivity contribution in [3.63, 3.8) is 0 Å². The van der Waals surface area contributed by atoms with Crippen molar-refractivity contribution in [3.8, 4) is 0 Å². The van der Waals surface area contributed by atoms with Crippen molar-refractivity contribution in [2.24, 2.45) is 0 Å². The second kappa shape index (κ2) is 9.58. The van der Waals surface area contributed by atoms with Crippen LogP contribution in [-0.2, 0) is 9.59 Å². The molecular weight excluding hydrogens is 398 g/mol. The maximum atomic E-state index is 12.2. The van der Waals surface area contributed by atoms with Crippen LogP contribution in [-0.4, -0.2) is 41.1 Å². The topological polar surface area (TPSA) is 96.0 Å². The Labute approximate surface area is 180 Å². The molecule has 3 N–H and O–H groups in total. The molecule has 0 fully saturated rings. The monoisotopic (exact) mass is 423 g/mol. The van der Waals surface area contributed by atoms with Crippen molar-refractivity contribution in [2.45, 2.75) is 25.9 Å². The summed E-state index contributed by atoms with van der Waals surface area (Å²) in [5.41, 5.74) is 4.74. The summed E-state index contributed by atoms with van der Waals surface area (Å²) >= 11 is 1.23. The van der Waals surface area contributed by atoms with Gasteiger partial charge < -0.3 is 16.0 Å². The molecule has 30 heavy (non-hydrogen) atoms. The molecule has 2 amide bonds. The van der Waals surface area contributed by atoms with Crippen molar-refractivity contribution >= 4 is 46.0 Å². The number of hydrogen-bond donors (Lipinski definition) is 3. The lowest BCUT2D eigenvalue weighted by Crippen LogP contribution is -2.34. The minimum absolute atomic E-state index is 0.0908. The molecule has 0 aliphatic heterocycles. The summed E-state index contributed by atoms with van der Waals surface area (Å²) in [7, 11) is 1.80. The first-order valence-corrected chi connectivity index (χ1v) is 10.6. The van der Waals surface area contributed by atoms with Gasteiger partial charge in [-0.15, -0.1) is 0 Å². The summed E-state index contributed by atoms with van der Waals surface area (Å²) in [6.07, 6.45) is 0. The first-order valence-electron chi connectivity index (χ1n) is 9.59. The van der Waals surface area contributed by atoms with Crippen LogP contribution in [0.2, 0.25) is 0 Å². The van der Waals surface area contributed by atoms with Crippen molar-refractivity contribution in [3.05, 3.63) is 53.1 Å². The summed E-state index contributed by atoms with van der Waals surface area (Å²) in [6.45, 7) is 5.83. The number of hydrogen-bond acceptors (Lipinski definition) is 6. The number of thioether (sulfide) groups is 1. The number of benzene rings is 2. The molecule has 3 rings (SSSR count). The van der Waals surface area contributed by atoms with Gasteiger partial charge in [-0.05, 0) is 44.0 Å². The molecule has 0 bridgehead atoms.